The van der Waals surface area contributed by atoms with E-state index in [1.165, 1.54) is 0 Å². The number of carbonyl (C=O) groups is 1. The third kappa shape index (κ3) is 3.34. The average Bonchev–Trinajstić information content (AvgIpc) is 2.43. The lowest BCUT2D eigenvalue weighted by Crippen LogP contribution is -2.15. The third-order valence-corrected chi connectivity index (χ3v) is 3.43. The summed E-state index contributed by atoms with van der Waals surface area (Å²) < 4.78 is 0. The number of nitrogens with zero attached hydrogens (tertiary/aromatic N) is 1. The van der Waals surface area contributed by atoms with Gasteiger partial charge in [0.15, 0.2) is 0 Å². The van der Waals surface area contributed by atoms with Crippen molar-refractivity contribution in [3.8, 4) is 0 Å². The number of hydrogen-bond acceptors (Lipinski definition) is 3. The van der Waals surface area contributed by atoms with E-state index in [0.29, 0.717) is 11.3 Å². The largest absolute Gasteiger partial charge is 0.398 e. The second kappa shape index (κ2) is 5.87. The van der Waals surface area contributed by atoms with Crippen molar-refractivity contribution in [2.75, 3.05) is 30.0 Å². The van der Waals surface area contributed by atoms with E-state index in [2.05, 4.69) is 5.32 Å². The molecule has 0 fully saturated rings. The smallest absolute Gasteiger partial charge is 0.257 e. The zero-order chi connectivity index (χ0) is 15.6. The minimum atomic E-state index is -0.183. The van der Waals surface area contributed by atoms with Gasteiger partial charge < -0.3 is 16.0 Å². The summed E-state index contributed by atoms with van der Waals surface area (Å²) >= 11 is 0. The summed E-state index contributed by atoms with van der Waals surface area (Å²) in [5.41, 5.74) is 10.8. The van der Waals surface area contributed by atoms with Crippen molar-refractivity contribution in [2.45, 2.75) is 13.8 Å². The quantitative estimate of drug-likeness (QED) is 0.850. The lowest BCUT2D eigenvalue weighted by Gasteiger charge is -2.16. The summed E-state index contributed by atoms with van der Waals surface area (Å²) in [6, 6.07) is 11.4. The minimum Gasteiger partial charge on any atom is -0.398 e. The maximum Gasteiger partial charge on any atom is 0.257 e. The Morgan fingerprint density at radius 3 is 2.43 bits per heavy atom. The average molecular weight is 283 g/mol. The first-order valence-corrected chi connectivity index (χ1v) is 6.84. The Morgan fingerprint density at radius 1 is 1.10 bits per heavy atom. The van der Waals surface area contributed by atoms with Crippen LogP contribution in [0.1, 0.15) is 21.5 Å². The van der Waals surface area contributed by atoms with Gasteiger partial charge in [0.25, 0.3) is 5.91 Å². The monoisotopic (exact) mass is 283 g/mol. The maximum atomic E-state index is 12.4. The molecule has 4 nitrogen and oxygen atoms in total. The Kier molecular flexibility index (Phi) is 4.17. The number of hydrogen-bond donors (Lipinski definition) is 2. The molecule has 0 radical (unpaired) electrons. The van der Waals surface area contributed by atoms with Gasteiger partial charge in [-0.1, -0.05) is 11.6 Å². The number of benzene rings is 2. The number of carbonyl (C=O) groups excluding carboxylic acids is 1. The molecule has 0 aliphatic rings. The highest BCUT2D eigenvalue weighted by Gasteiger charge is 2.11. The van der Waals surface area contributed by atoms with Crippen LogP contribution in [-0.4, -0.2) is 20.0 Å². The van der Waals surface area contributed by atoms with Gasteiger partial charge >= 0.3 is 0 Å². The van der Waals surface area contributed by atoms with Crippen molar-refractivity contribution in [1.82, 2.24) is 0 Å². The van der Waals surface area contributed by atoms with Gasteiger partial charge in [0.1, 0.15) is 0 Å². The second-order valence-corrected chi connectivity index (χ2v) is 5.44. The predicted octanol–water partition coefficient (Wildman–Crippen LogP) is 3.20. The van der Waals surface area contributed by atoms with E-state index in [4.69, 9.17) is 5.73 Å². The summed E-state index contributed by atoms with van der Waals surface area (Å²) in [6.07, 6.45) is 0. The fraction of sp³-hybridized carbons (Fsp3) is 0.235. The van der Waals surface area contributed by atoms with Gasteiger partial charge in [0, 0.05) is 31.2 Å². The molecule has 0 aliphatic heterocycles. The predicted molar refractivity (Wildman–Crippen MR) is 89.1 cm³/mol. The summed E-state index contributed by atoms with van der Waals surface area (Å²) in [6.45, 7) is 3.91. The molecule has 21 heavy (non-hydrogen) atoms. The van der Waals surface area contributed by atoms with Crippen LogP contribution < -0.4 is 16.0 Å². The van der Waals surface area contributed by atoms with E-state index in [1.807, 2.05) is 57.1 Å². The van der Waals surface area contributed by atoms with Crippen LogP contribution in [0.25, 0.3) is 0 Å². The highest BCUT2D eigenvalue weighted by Crippen LogP contribution is 2.23. The number of nitrogen functional groups attached to an aromatic ring is 1. The molecule has 0 unspecified atom stereocenters. The molecule has 0 atom stereocenters. The molecule has 4 heteroatoms. The summed E-state index contributed by atoms with van der Waals surface area (Å²) in [5.74, 6) is -0.183. The molecule has 110 valence electrons. The van der Waals surface area contributed by atoms with E-state index in [1.54, 1.807) is 12.1 Å². The summed E-state index contributed by atoms with van der Waals surface area (Å²) in [7, 11) is 3.97. The van der Waals surface area contributed by atoms with Crippen LogP contribution in [0, 0.1) is 13.8 Å². The van der Waals surface area contributed by atoms with Crippen molar-refractivity contribution < 1.29 is 4.79 Å². The van der Waals surface area contributed by atoms with Crippen LogP contribution in [0.4, 0.5) is 17.1 Å². The van der Waals surface area contributed by atoms with Gasteiger partial charge in [-0.15, -0.1) is 0 Å². The lowest BCUT2D eigenvalue weighted by molar-refractivity contribution is 0.102. The SMILES string of the molecule is Cc1ccc(N)c(C(=O)Nc2ccc(N(C)C)cc2C)c1. The maximum absolute atomic E-state index is 12.4. The van der Waals surface area contributed by atoms with E-state index in [0.717, 1.165) is 22.5 Å². The van der Waals surface area contributed by atoms with Gasteiger partial charge in [0.05, 0.1) is 5.56 Å². The van der Waals surface area contributed by atoms with Crippen molar-refractivity contribution in [1.29, 1.82) is 0 Å². The Hall–Kier alpha value is -2.49. The van der Waals surface area contributed by atoms with Crippen molar-refractivity contribution in [3.05, 3.63) is 53.1 Å². The standard InChI is InChI=1S/C17H21N3O/c1-11-5-7-15(18)14(9-11)17(21)19-16-8-6-13(20(3)4)10-12(16)2/h5-10H,18H2,1-4H3,(H,19,21). The third-order valence-electron chi connectivity index (χ3n) is 3.43. The number of anilines is 3. The molecule has 3 N–H and O–H groups in total. The topological polar surface area (TPSA) is 58.4 Å². The molecule has 0 saturated heterocycles. The summed E-state index contributed by atoms with van der Waals surface area (Å²) in [4.78, 5) is 14.4. The van der Waals surface area contributed by atoms with Crippen molar-refractivity contribution >= 4 is 23.0 Å². The van der Waals surface area contributed by atoms with Gasteiger partial charge in [-0.2, -0.15) is 0 Å². The highest BCUT2D eigenvalue weighted by atomic mass is 16.1. The van der Waals surface area contributed by atoms with Gasteiger partial charge in [0.2, 0.25) is 0 Å². The molecular formula is C17H21N3O. The number of nitrogens with one attached hydrogen (secondary N) is 1. The van der Waals surface area contributed by atoms with Gasteiger partial charge in [-0.3, -0.25) is 4.79 Å². The highest BCUT2D eigenvalue weighted by molar-refractivity contribution is 6.08. The zero-order valence-corrected chi connectivity index (χ0v) is 12.9. The fourth-order valence-electron chi connectivity index (χ4n) is 2.12. The molecule has 0 bridgehead atoms. The molecule has 0 heterocycles. The molecule has 0 aromatic heterocycles. The molecule has 2 aromatic carbocycles. The van der Waals surface area contributed by atoms with Crippen molar-refractivity contribution in [2.24, 2.45) is 0 Å². The van der Waals surface area contributed by atoms with E-state index in [-0.39, 0.29) is 5.91 Å². The van der Waals surface area contributed by atoms with Crippen LogP contribution >= 0.6 is 0 Å². The van der Waals surface area contributed by atoms with Crippen LogP contribution in [0.5, 0.6) is 0 Å². The normalized spacial score (nSPS) is 10.3. The Balaban J connectivity index is 2.25. The van der Waals surface area contributed by atoms with Crippen molar-refractivity contribution in [3.63, 3.8) is 0 Å². The number of amides is 1. The first-order chi connectivity index (χ1) is 9.88. The summed E-state index contributed by atoms with van der Waals surface area (Å²) in [5, 5.41) is 2.92. The number of nitrogens with two attached hydrogens (primary N) is 1. The van der Waals surface area contributed by atoms with Crippen LogP contribution in [0.2, 0.25) is 0 Å². The lowest BCUT2D eigenvalue weighted by atomic mass is 10.1. The van der Waals surface area contributed by atoms with Crippen LogP contribution in [-0.2, 0) is 0 Å². The molecule has 0 saturated carbocycles. The molecule has 2 aromatic rings. The van der Waals surface area contributed by atoms with E-state index < -0.39 is 0 Å². The van der Waals surface area contributed by atoms with E-state index in [9.17, 15) is 4.79 Å². The van der Waals surface area contributed by atoms with Gasteiger partial charge in [-0.25, -0.2) is 0 Å². The molecule has 2 rings (SSSR count). The van der Waals surface area contributed by atoms with Crippen LogP contribution in [0.15, 0.2) is 36.4 Å². The fourth-order valence-corrected chi connectivity index (χ4v) is 2.12. The Bertz CT molecular complexity index is 678. The first-order valence-electron chi connectivity index (χ1n) is 6.84. The first kappa shape index (κ1) is 14.9. The Labute approximate surface area is 125 Å². The minimum absolute atomic E-state index is 0.183. The second-order valence-electron chi connectivity index (χ2n) is 5.44. The van der Waals surface area contributed by atoms with Crippen LogP contribution in [0.3, 0.4) is 0 Å². The Morgan fingerprint density at radius 2 is 1.81 bits per heavy atom. The number of aryl methyl sites for hydroxylation is 2. The molecular weight excluding hydrogens is 262 g/mol. The molecule has 0 aliphatic carbocycles. The molecule has 1 amide bonds. The molecule has 0 spiro atoms. The zero-order valence-electron chi connectivity index (χ0n) is 12.9. The van der Waals surface area contributed by atoms with E-state index >= 15 is 0 Å². The van der Waals surface area contributed by atoms with Gasteiger partial charge in [-0.05, 0) is 49.7 Å². The number of rotatable bonds is 3.